The van der Waals surface area contributed by atoms with Crippen molar-refractivity contribution >= 4 is 41.5 Å². The molecule has 2 rings (SSSR count). The number of hydrogen-bond acceptors (Lipinski definition) is 3. The number of guanidine groups is 1. The SMILES string of the molecule is CCN1CCN(C(C)CNC(=NC)NCc2ccc(Cl)cc2)CC1.I. The Labute approximate surface area is 174 Å². The highest BCUT2D eigenvalue weighted by molar-refractivity contribution is 14.0. The van der Waals surface area contributed by atoms with Crippen molar-refractivity contribution in [2.45, 2.75) is 26.4 Å². The quantitative estimate of drug-likeness (QED) is 0.374. The Morgan fingerprint density at radius 2 is 1.80 bits per heavy atom. The highest BCUT2D eigenvalue weighted by Gasteiger charge is 2.20. The Morgan fingerprint density at radius 1 is 1.16 bits per heavy atom. The second-order valence-corrected chi connectivity index (χ2v) is 6.69. The molecule has 0 aliphatic carbocycles. The molecule has 1 aromatic rings. The third kappa shape index (κ3) is 7.68. The van der Waals surface area contributed by atoms with Gasteiger partial charge in [-0.15, -0.1) is 24.0 Å². The number of piperazine rings is 1. The molecule has 0 aromatic heterocycles. The first-order valence-corrected chi connectivity index (χ1v) is 9.15. The average molecular weight is 480 g/mol. The van der Waals surface area contributed by atoms with Gasteiger partial charge in [0.2, 0.25) is 0 Å². The molecule has 1 fully saturated rings. The summed E-state index contributed by atoms with van der Waals surface area (Å²) in [6.07, 6.45) is 0. The predicted octanol–water partition coefficient (Wildman–Crippen LogP) is 2.65. The second-order valence-electron chi connectivity index (χ2n) is 6.25. The number of likely N-dealkylation sites (N-methyl/N-ethyl adjacent to an activating group) is 1. The van der Waals surface area contributed by atoms with Crippen LogP contribution in [0.3, 0.4) is 0 Å². The van der Waals surface area contributed by atoms with Crippen molar-refractivity contribution in [3.8, 4) is 0 Å². The number of rotatable bonds is 6. The molecule has 1 atom stereocenters. The van der Waals surface area contributed by atoms with Crippen LogP contribution in [0, 0.1) is 0 Å². The normalized spacial score (nSPS) is 17.7. The molecule has 1 unspecified atom stereocenters. The largest absolute Gasteiger partial charge is 0.355 e. The minimum absolute atomic E-state index is 0. The Kier molecular flexibility index (Phi) is 10.7. The summed E-state index contributed by atoms with van der Waals surface area (Å²) in [5, 5.41) is 7.54. The standard InChI is InChI=1S/C18H30ClN5.HI/c1-4-23-9-11-24(12-10-23)15(2)13-21-18(20-3)22-14-16-5-7-17(19)8-6-16;/h5-8,15H,4,9-14H2,1-3H3,(H2,20,21,22);1H. The van der Waals surface area contributed by atoms with E-state index in [2.05, 4.69) is 39.3 Å². The number of halogens is 2. The van der Waals surface area contributed by atoms with E-state index in [9.17, 15) is 0 Å². The van der Waals surface area contributed by atoms with Gasteiger partial charge in [0.15, 0.2) is 5.96 Å². The minimum atomic E-state index is 0. The van der Waals surface area contributed by atoms with Crippen LogP contribution in [-0.4, -0.2) is 68.1 Å². The van der Waals surface area contributed by atoms with Crippen LogP contribution in [0.5, 0.6) is 0 Å². The van der Waals surface area contributed by atoms with Crippen molar-refractivity contribution in [2.24, 2.45) is 4.99 Å². The molecule has 5 nitrogen and oxygen atoms in total. The smallest absolute Gasteiger partial charge is 0.191 e. The van der Waals surface area contributed by atoms with Crippen LogP contribution in [0.2, 0.25) is 5.02 Å². The summed E-state index contributed by atoms with van der Waals surface area (Å²) in [5.74, 6) is 0.837. The molecule has 1 saturated heterocycles. The van der Waals surface area contributed by atoms with E-state index in [1.54, 1.807) is 0 Å². The van der Waals surface area contributed by atoms with Gasteiger partial charge < -0.3 is 15.5 Å². The minimum Gasteiger partial charge on any atom is -0.355 e. The Morgan fingerprint density at radius 3 is 2.36 bits per heavy atom. The van der Waals surface area contributed by atoms with E-state index >= 15 is 0 Å². The van der Waals surface area contributed by atoms with E-state index in [1.165, 1.54) is 18.7 Å². The highest BCUT2D eigenvalue weighted by Crippen LogP contribution is 2.09. The number of benzene rings is 1. The van der Waals surface area contributed by atoms with E-state index in [0.717, 1.165) is 43.7 Å². The third-order valence-corrected chi connectivity index (χ3v) is 4.89. The van der Waals surface area contributed by atoms with E-state index in [4.69, 9.17) is 11.6 Å². The summed E-state index contributed by atoms with van der Waals surface area (Å²) in [4.78, 5) is 9.36. The molecular formula is C18H31ClIN5. The van der Waals surface area contributed by atoms with Gasteiger partial charge in [-0.25, -0.2) is 0 Å². The maximum Gasteiger partial charge on any atom is 0.191 e. The first kappa shape index (κ1) is 22.5. The van der Waals surface area contributed by atoms with Gasteiger partial charge in [0.05, 0.1) is 0 Å². The van der Waals surface area contributed by atoms with Gasteiger partial charge in [0.1, 0.15) is 0 Å². The summed E-state index contributed by atoms with van der Waals surface area (Å²) >= 11 is 5.91. The molecule has 142 valence electrons. The molecule has 0 spiro atoms. The van der Waals surface area contributed by atoms with Crippen molar-refractivity contribution < 1.29 is 0 Å². The van der Waals surface area contributed by atoms with Crippen molar-refractivity contribution in [1.29, 1.82) is 0 Å². The summed E-state index contributed by atoms with van der Waals surface area (Å²) in [6, 6.07) is 8.37. The zero-order valence-corrected chi connectivity index (χ0v) is 18.6. The van der Waals surface area contributed by atoms with E-state index in [1.807, 2.05) is 31.3 Å². The molecule has 7 heteroatoms. The van der Waals surface area contributed by atoms with Gasteiger partial charge in [-0.05, 0) is 31.2 Å². The number of nitrogens with one attached hydrogen (secondary N) is 2. The first-order valence-electron chi connectivity index (χ1n) is 8.77. The lowest BCUT2D eigenvalue weighted by molar-refractivity contribution is 0.107. The van der Waals surface area contributed by atoms with Gasteiger partial charge in [-0.3, -0.25) is 9.89 Å². The fourth-order valence-electron chi connectivity index (χ4n) is 2.90. The zero-order valence-electron chi connectivity index (χ0n) is 15.5. The molecule has 0 radical (unpaired) electrons. The molecule has 1 aliphatic rings. The number of aliphatic imine (C=N–C) groups is 1. The van der Waals surface area contributed by atoms with E-state index < -0.39 is 0 Å². The van der Waals surface area contributed by atoms with Crippen LogP contribution in [0.15, 0.2) is 29.3 Å². The molecule has 1 heterocycles. The number of nitrogens with zero attached hydrogens (tertiary/aromatic N) is 3. The Hall–Kier alpha value is -0.570. The van der Waals surface area contributed by atoms with Gasteiger partial charge in [0.25, 0.3) is 0 Å². The molecule has 25 heavy (non-hydrogen) atoms. The van der Waals surface area contributed by atoms with Gasteiger partial charge in [-0.2, -0.15) is 0 Å². The lowest BCUT2D eigenvalue weighted by Gasteiger charge is -2.37. The summed E-state index contributed by atoms with van der Waals surface area (Å²) in [6.45, 7) is 11.9. The van der Waals surface area contributed by atoms with Gasteiger partial charge in [0, 0.05) is 57.4 Å². The Balaban J connectivity index is 0.00000312. The van der Waals surface area contributed by atoms with Crippen molar-refractivity contribution in [3.63, 3.8) is 0 Å². The Bertz CT molecular complexity index is 515. The molecule has 0 amide bonds. The lowest BCUT2D eigenvalue weighted by atomic mass is 10.2. The predicted molar refractivity (Wildman–Crippen MR) is 118 cm³/mol. The monoisotopic (exact) mass is 479 g/mol. The van der Waals surface area contributed by atoms with Crippen LogP contribution in [0.4, 0.5) is 0 Å². The first-order chi connectivity index (χ1) is 11.6. The summed E-state index contributed by atoms with van der Waals surface area (Å²) in [5.41, 5.74) is 1.19. The van der Waals surface area contributed by atoms with Gasteiger partial charge >= 0.3 is 0 Å². The van der Waals surface area contributed by atoms with Crippen LogP contribution < -0.4 is 10.6 Å². The fourth-order valence-corrected chi connectivity index (χ4v) is 3.03. The van der Waals surface area contributed by atoms with Gasteiger partial charge in [-0.1, -0.05) is 30.7 Å². The topological polar surface area (TPSA) is 42.9 Å². The summed E-state index contributed by atoms with van der Waals surface area (Å²) in [7, 11) is 1.81. The molecule has 0 bridgehead atoms. The molecule has 1 aliphatic heterocycles. The lowest BCUT2D eigenvalue weighted by Crippen LogP contribution is -2.53. The molecule has 1 aromatic carbocycles. The fraction of sp³-hybridized carbons (Fsp3) is 0.611. The van der Waals surface area contributed by atoms with Crippen molar-refractivity contribution in [3.05, 3.63) is 34.9 Å². The molecule has 0 saturated carbocycles. The number of hydrogen-bond donors (Lipinski definition) is 2. The molecular weight excluding hydrogens is 449 g/mol. The zero-order chi connectivity index (χ0) is 17.4. The van der Waals surface area contributed by atoms with Crippen LogP contribution in [0.25, 0.3) is 0 Å². The summed E-state index contributed by atoms with van der Waals surface area (Å²) < 4.78 is 0. The highest BCUT2D eigenvalue weighted by atomic mass is 127. The molecule has 2 N–H and O–H groups in total. The van der Waals surface area contributed by atoms with Crippen LogP contribution in [0.1, 0.15) is 19.4 Å². The van der Waals surface area contributed by atoms with Crippen LogP contribution in [-0.2, 0) is 6.54 Å². The van der Waals surface area contributed by atoms with E-state index in [-0.39, 0.29) is 24.0 Å². The third-order valence-electron chi connectivity index (χ3n) is 4.64. The average Bonchev–Trinajstić information content (AvgIpc) is 2.63. The second kappa shape index (κ2) is 11.9. The maximum absolute atomic E-state index is 5.91. The van der Waals surface area contributed by atoms with Crippen molar-refractivity contribution in [1.82, 2.24) is 20.4 Å². The van der Waals surface area contributed by atoms with E-state index in [0.29, 0.717) is 6.04 Å². The van der Waals surface area contributed by atoms with Crippen molar-refractivity contribution in [2.75, 3.05) is 46.3 Å². The maximum atomic E-state index is 5.91. The van der Waals surface area contributed by atoms with Crippen LogP contribution >= 0.6 is 35.6 Å².